The molecule has 0 aliphatic heterocycles. The monoisotopic (exact) mass is 432 g/mol. The number of fused-ring (bicyclic) bond motifs is 1. The largest absolute Gasteiger partial charge is 0.497 e. The highest BCUT2D eigenvalue weighted by molar-refractivity contribution is 7.21. The molecule has 2 aromatic carbocycles. The van der Waals surface area contributed by atoms with Gasteiger partial charge in [0.25, 0.3) is 5.89 Å². The van der Waals surface area contributed by atoms with E-state index in [2.05, 4.69) is 45.8 Å². The molecule has 4 aromatic rings. The van der Waals surface area contributed by atoms with Gasteiger partial charge in [-0.1, -0.05) is 41.9 Å². The van der Waals surface area contributed by atoms with E-state index < -0.39 is 0 Å². The molecule has 2 heterocycles. The van der Waals surface area contributed by atoms with Crippen LogP contribution < -0.4 is 10.1 Å². The lowest BCUT2D eigenvalue weighted by Crippen LogP contribution is -2.45. The van der Waals surface area contributed by atoms with E-state index in [0.29, 0.717) is 17.9 Å². The number of rotatable bonds is 7. The number of benzene rings is 2. The van der Waals surface area contributed by atoms with Crippen LogP contribution in [-0.2, 0) is 5.41 Å². The molecular formula is C24H24N4O2S. The number of hydrogen-bond donors (Lipinski definition) is 1. The molecule has 6 rings (SSSR count). The Hall–Kier alpha value is -2.77. The highest BCUT2D eigenvalue weighted by Gasteiger charge is 2.46. The second-order valence-corrected chi connectivity index (χ2v) is 9.68. The molecular weight excluding hydrogens is 408 g/mol. The van der Waals surface area contributed by atoms with Crippen molar-refractivity contribution in [3.8, 4) is 16.6 Å². The summed E-state index contributed by atoms with van der Waals surface area (Å²) in [4.78, 5) is 9.46. The molecule has 0 bridgehead atoms. The summed E-state index contributed by atoms with van der Waals surface area (Å²) in [6.07, 6.45) is 4.60. The minimum absolute atomic E-state index is 0.0223. The third-order valence-corrected chi connectivity index (χ3v) is 7.72. The van der Waals surface area contributed by atoms with Crippen LogP contribution in [0.4, 0.5) is 0 Å². The van der Waals surface area contributed by atoms with Crippen molar-refractivity contribution in [1.82, 2.24) is 20.4 Å². The van der Waals surface area contributed by atoms with E-state index in [4.69, 9.17) is 14.2 Å². The summed E-state index contributed by atoms with van der Waals surface area (Å²) in [6, 6.07) is 17.2. The van der Waals surface area contributed by atoms with Crippen molar-refractivity contribution < 1.29 is 9.26 Å². The Morgan fingerprint density at radius 1 is 1.16 bits per heavy atom. The number of aromatic nitrogens is 3. The Kier molecular flexibility index (Phi) is 4.54. The van der Waals surface area contributed by atoms with Crippen LogP contribution in [0.1, 0.15) is 43.0 Å². The predicted molar refractivity (Wildman–Crippen MR) is 121 cm³/mol. The Labute approximate surface area is 184 Å². The molecule has 0 amide bonds. The Morgan fingerprint density at radius 2 is 2.03 bits per heavy atom. The van der Waals surface area contributed by atoms with Crippen molar-refractivity contribution in [2.45, 2.75) is 43.1 Å². The number of methoxy groups -OCH3 is 1. The summed E-state index contributed by atoms with van der Waals surface area (Å²) < 4.78 is 12.0. The van der Waals surface area contributed by atoms with Crippen LogP contribution in [0, 0.1) is 0 Å². The Morgan fingerprint density at radius 3 is 2.81 bits per heavy atom. The summed E-state index contributed by atoms with van der Waals surface area (Å²) in [6.45, 7) is 0.900. The molecule has 0 spiro atoms. The first kappa shape index (κ1) is 19.0. The second kappa shape index (κ2) is 7.43. The zero-order chi connectivity index (χ0) is 20.8. The van der Waals surface area contributed by atoms with Gasteiger partial charge in [-0.05, 0) is 43.0 Å². The summed E-state index contributed by atoms with van der Waals surface area (Å²) in [5, 5.41) is 8.92. The van der Waals surface area contributed by atoms with E-state index in [1.807, 2.05) is 18.2 Å². The van der Waals surface area contributed by atoms with Gasteiger partial charge in [-0.15, -0.1) is 11.3 Å². The van der Waals surface area contributed by atoms with Crippen molar-refractivity contribution in [3.05, 3.63) is 59.9 Å². The van der Waals surface area contributed by atoms with Crippen molar-refractivity contribution in [2.24, 2.45) is 0 Å². The average Bonchev–Trinajstić information content (AvgIpc) is 3.18. The fraction of sp³-hybridized carbons (Fsp3) is 0.375. The van der Waals surface area contributed by atoms with Gasteiger partial charge < -0.3 is 14.6 Å². The maximum atomic E-state index is 5.66. The van der Waals surface area contributed by atoms with E-state index >= 15 is 0 Å². The van der Waals surface area contributed by atoms with Gasteiger partial charge in [0.1, 0.15) is 5.75 Å². The molecule has 2 aromatic heterocycles. The van der Waals surface area contributed by atoms with Gasteiger partial charge in [0.2, 0.25) is 0 Å². The number of ether oxygens (including phenoxy) is 1. The van der Waals surface area contributed by atoms with E-state index in [9.17, 15) is 0 Å². The first-order valence-electron chi connectivity index (χ1n) is 10.8. The van der Waals surface area contributed by atoms with Gasteiger partial charge in [-0.25, -0.2) is 4.98 Å². The number of nitrogens with one attached hydrogen (secondary N) is 1. The van der Waals surface area contributed by atoms with E-state index in [-0.39, 0.29) is 5.41 Å². The van der Waals surface area contributed by atoms with Crippen molar-refractivity contribution in [2.75, 3.05) is 13.7 Å². The highest BCUT2D eigenvalue weighted by Crippen LogP contribution is 2.45. The third kappa shape index (κ3) is 3.42. The van der Waals surface area contributed by atoms with E-state index in [1.54, 1.807) is 18.4 Å². The molecule has 1 N–H and O–H groups in total. The van der Waals surface area contributed by atoms with Crippen LogP contribution in [0.5, 0.6) is 5.75 Å². The van der Waals surface area contributed by atoms with Gasteiger partial charge in [-0.2, -0.15) is 4.98 Å². The third-order valence-electron chi connectivity index (χ3n) is 6.71. The van der Waals surface area contributed by atoms with Gasteiger partial charge in [-0.3, -0.25) is 0 Å². The van der Waals surface area contributed by atoms with Crippen LogP contribution in [0.15, 0.2) is 53.1 Å². The van der Waals surface area contributed by atoms with Gasteiger partial charge in [0, 0.05) is 23.9 Å². The summed E-state index contributed by atoms with van der Waals surface area (Å²) in [5.74, 6) is 2.77. The first-order chi connectivity index (χ1) is 15.2. The van der Waals surface area contributed by atoms with Crippen LogP contribution in [0.3, 0.4) is 0 Å². The normalized spacial score (nSPS) is 21.7. The van der Waals surface area contributed by atoms with Gasteiger partial charge in [0.15, 0.2) is 10.8 Å². The lowest BCUT2D eigenvalue weighted by Gasteiger charge is -2.39. The Balaban J connectivity index is 1.18. The highest BCUT2D eigenvalue weighted by atomic mass is 32.1. The minimum atomic E-state index is -0.0223. The van der Waals surface area contributed by atoms with Crippen molar-refractivity contribution >= 4 is 21.6 Å². The van der Waals surface area contributed by atoms with Crippen LogP contribution in [0.25, 0.3) is 21.1 Å². The SMILES string of the molecule is COc1ccc2nc(-c3nc(C4(CN[C@H]5CC5c5ccccc5)CCC4)no3)sc2c1. The topological polar surface area (TPSA) is 73.1 Å². The molecule has 2 fully saturated rings. The first-order valence-corrected chi connectivity index (χ1v) is 11.6. The molecule has 0 radical (unpaired) electrons. The standard InChI is InChI=1S/C24H24N4O2S/c1-29-16-8-9-18-20(12-16)31-22(26-18)21-27-23(28-30-21)24(10-5-11-24)14-25-19-13-17(19)15-6-3-2-4-7-15/h2-4,6-9,12,17,19,25H,5,10-11,13-14H2,1H3/t17?,19-/m0/s1. The molecule has 2 aliphatic carbocycles. The molecule has 7 heteroatoms. The molecule has 31 heavy (non-hydrogen) atoms. The van der Waals surface area contributed by atoms with E-state index in [0.717, 1.165) is 46.2 Å². The maximum Gasteiger partial charge on any atom is 0.286 e. The zero-order valence-corrected chi connectivity index (χ0v) is 18.2. The van der Waals surface area contributed by atoms with E-state index in [1.165, 1.54) is 18.4 Å². The maximum absolute atomic E-state index is 5.66. The fourth-order valence-corrected chi connectivity index (χ4v) is 5.46. The van der Waals surface area contributed by atoms with Crippen LogP contribution in [0.2, 0.25) is 0 Å². The molecule has 2 aliphatic rings. The molecule has 2 saturated carbocycles. The Bertz CT molecular complexity index is 1210. The summed E-state index contributed by atoms with van der Waals surface area (Å²) in [5.41, 5.74) is 2.32. The van der Waals surface area contributed by atoms with Gasteiger partial charge >= 0.3 is 0 Å². The van der Waals surface area contributed by atoms with Crippen LogP contribution in [-0.4, -0.2) is 34.8 Å². The number of thiazole rings is 1. The van der Waals surface area contributed by atoms with Crippen molar-refractivity contribution in [1.29, 1.82) is 0 Å². The number of hydrogen-bond acceptors (Lipinski definition) is 7. The van der Waals surface area contributed by atoms with Crippen molar-refractivity contribution in [3.63, 3.8) is 0 Å². The smallest absolute Gasteiger partial charge is 0.286 e. The molecule has 1 unspecified atom stereocenters. The summed E-state index contributed by atoms with van der Waals surface area (Å²) >= 11 is 1.55. The minimum Gasteiger partial charge on any atom is -0.497 e. The van der Waals surface area contributed by atoms with Gasteiger partial charge in [0.05, 0.1) is 17.3 Å². The lowest BCUT2D eigenvalue weighted by molar-refractivity contribution is 0.211. The zero-order valence-electron chi connectivity index (χ0n) is 17.4. The molecule has 0 saturated heterocycles. The fourth-order valence-electron chi connectivity index (χ4n) is 4.55. The average molecular weight is 433 g/mol. The predicted octanol–water partition coefficient (Wildman–Crippen LogP) is 4.92. The lowest BCUT2D eigenvalue weighted by atomic mass is 9.68. The second-order valence-electron chi connectivity index (χ2n) is 8.65. The molecule has 2 atom stereocenters. The quantitative estimate of drug-likeness (QED) is 0.447. The number of nitrogens with zero attached hydrogens (tertiary/aromatic N) is 3. The molecule has 158 valence electrons. The molecule has 6 nitrogen and oxygen atoms in total. The van der Waals surface area contributed by atoms with Crippen LogP contribution >= 0.6 is 11.3 Å². The summed E-state index contributed by atoms with van der Waals surface area (Å²) in [7, 11) is 1.67.